The summed E-state index contributed by atoms with van der Waals surface area (Å²) in [6.07, 6.45) is 3.83. The van der Waals surface area contributed by atoms with Gasteiger partial charge in [0.15, 0.2) is 0 Å². The molecule has 2 heterocycles. The molecule has 2 aromatic rings. The predicted molar refractivity (Wildman–Crippen MR) is 67.2 cm³/mol. The molecular formula is C12H12N2O2S. The van der Waals surface area contributed by atoms with Crippen molar-refractivity contribution in [2.75, 3.05) is 0 Å². The fraction of sp³-hybridized carbons (Fsp3) is 0.250. The van der Waals surface area contributed by atoms with Gasteiger partial charge in [-0.2, -0.15) is 0 Å². The van der Waals surface area contributed by atoms with Crippen LogP contribution in [-0.2, 0) is 18.3 Å². The summed E-state index contributed by atoms with van der Waals surface area (Å²) in [6, 6.07) is 3.30. The molecule has 0 aliphatic rings. The number of hydrogen-bond donors (Lipinski definition) is 0. The average molecular weight is 248 g/mol. The van der Waals surface area contributed by atoms with E-state index in [2.05, 4.69) is 4.98 Å². The van der Waals surface area contributed by atoms with E-state index in [9.17, 15) is 9.59 Å². The van der Waals surface area contributed by atoms with Crippen molar-refractivity contribution in [2.45, 2.75) is 12.8 Å². The van der Waals surface area contributed by atoms with E-state index >= 15 is 0 Å². The van der Waals surface area contributed by atoms with E-state index in [0.29, 0.717) is 12.8 Å². The Morgan fingerprint density at radius 2 is 2.29 bits per heavy atom. The molecule has 4 nitrogen and oxygen atoms in total. The molecule has 0 spiro atoms. The first kappa shape index (κ1) is 11.7. The first-order valence-corrected chi connectivity index (χ1v) is 6.14. The fourth-order valence-corrected chi connectivity index (χ4v) is 2.33. The summed E-state index contributed by atoms with van der Waals surface area (Å²) < 4.78 is 1.53. The number of aryl methyl sites for hydroxylation is 2. The van der Waals surface area contributed by atoms with E-state index in [0.717, 1.165) is 22.6 Å². The summed E-state index contributed by atoms with van der Waals surface area (Å²) in [4.78, 5) is 26.0. The third kappa shape index (κ3) is 2.68. The van der Waals surface area contributed by atoms with Crippen LogP contribution in [0.5, 0.6) is 0 Å². The third-order valence-corrected chi connectivity index (χ3v) is 3.34. The van der Waals surface area contributed by atoms with Gasteiger partial charge in [-0.3, -0.25) is 4.79 Å². The minimum atomic E-state index is -0.0357. The molecule has 88 valence electrons. The maximum Gasteiger partial charge on any atom is 0.250 e. The molecule has 0 amide bonds. The summed E-state index contributed by atoms with van der Waals surface area (Å²) in [7, 11) is 1.72. The Kier molecular flexibility index (Phi) is 3.49. The Balaban J connectivity index is 2.27. The summed E-state index contributed by atoms with van der Waals surface area (Å²) in [5.74, 6) is 0. The number of pyridine rings is 1. The molecule has 0 fully saturated rings. The number of hydrogen-bond acceptors (Lipinski definition) is 4. The molecule has 0 aliphatic heterocycles. The van der Waals surface area contributed by atoms with Gasteiger partial charge in [-0.15, -0.1) is 11.3 Å². The smallest absolute Gasteiger partial charge is 0.250 e. The molecule has 0 aromatic carbocycles. The molecule has 5 heteroatoms. The summed E-state index contributed by atoms with van der Waals surface area (Å²) in [6.45, 7) is 0. The van der Waals surface area contributed by atoms with Gasteiger partial charge in [0.1, 0.15) is 11.3 Å². The van der Waals surface area contributed by atoms with E-state index in [1.165, 1.54) is 22.0 Å². The number of nitrogens with zero attached hydrogens (tertiary/aromatic N) is 2. The highest BCUT2D eigenvalue weighted by Gasteiger charge is 2.05. The van der Waals surface area contributed by atoms with Gasteiger partial charge in [0.2, 0.25) is 5.56 Å². The lowest BCUT2D eigenvalue weighted by molar-refractivity contribution is -0.107. The quantitative estimate of drug-likeness (QED) is 0.773. The van der Waals surface area contributed by atoms with E-state index in [4.69, 9.17) is 0 Å². The molecule has 0 unspecified atom stereocenters. The first-order chi connectivity index (χ1) is 8.20. The monoisotopic (exact) mass is 248 g/mol. The van der Waals surface area contributed by atoms with Gasteiger partial charge in [-0.1, -0.05) is 0 Å². The molecule has 0 N–H and O–H groups in total. The van der Waals surface area contributed by atoms with Gasteiger partial charge in [0, 0.05) is 36.7 Å². The highest BCUT2D eigenvalue weighted by atomic mass is 32.1. The van der Waals surface area contributed by atoms with Crippen molar-refractivity contribution in [3.8, 4) is 10.6 Å². The molecule has 0 bridgehead atoms. The Bertz CT molecular complexity index is 586. The van der Waals surface area contributed by atoms with Crippen LogP contribution in [-0.4, -0.2) is 15.8 Å². The Labute approximate surface area is 103 Å². The SMILES string of the molecule is Cn1cc(-c2nc(CCC=O)cs2)ccc1=O. The molecule has 2 rings (SSSR count). The Hall–Kier alpha value is -1.75. The van der Waals surface area contributed by atoms with Gasteiger partial charge in [-0.05, 0) is 12.5 Å². The molecule has 0 saturated heterocycles. The fourth-order valence-electron chi connectivity index (χ4n) is 1.48. The minimum absolute atomic E-state index is 0.0357. The van der Waals surface area contributed by atoms with Crippen LogP contribution in [0, 0.1) is 0 Å². The number of carbonyl (C=O) groups excluding carboxylic acids is 1. The van der Waals surface area contributed by atoms with Crippen molar-refractivity contribution in [3.63, 3.8) is 0 Å². The zero-order chi connectivity index (χ0) is 12.3. The van der Waals surface area contributed by atoms with E-state index in [1.54, 1.807) is 19.3 Å². The summed E-state index contributed by atoms with van der Waals surface area (Å²) in [5.41, 5.74) is 1.81. The van der Waals surface area contributed by atoms with Gasteiger partial charge < -0.3 is 9.36 Å². The van der Waals surface area contributed by atoms with Crippen LogP contribution in [0.25, 0.3) is 10.6 Å². The van der Waals surface area contributed by atoms with E-state index in [-0.39, 0.29) is 5.56 Å². The van der Waals surface area contributed by atoms with Gasteiger partial charge in [-0.25, -0.2) is 4.98 Å². The Morgan fingerprint density at radius 3 is 3.00 bits per heavy atom. The van der Waals surface area contributed by atoms with Gasteiger partial charge >= 0.3 is 0 Å². The number of thiazole rings is 1. The van der Waals surface area contributed by atoms with Crippen LogP contribution in [0.3, 0.4) is 0 Å². The summed E-state index contributed by atoms with van der Waals surface area (Å²) in [5, 5.41) is 2.82. The highest BCUT2D eigenvalue weighted by Crippen LogP contribution is 2.22. The van der Waals surface area contributed by atoms with Crippen molar-refractivity contribution < 1.29 is 4.79 Å². The van der Waals surface area contributed by atoms with E-state index in [1.807, 2.05) is 5.38 Å². The third-order valence-electron chi connectivity index (χ3n) is 2.40. The van der Waals surface area contributed by atoms with E-state index < -0.39 is 0 Å². The highest BCUT2D eigenvalue weighted by molar-refractivity contribution is 7.13. The van der Waals surface area contributed by atoms with Gasteiger partial charge in [0.25, 0.3) is 0 Å². The van der Waals surface area contributed by atoms with Crippen LogP contribution < -0.4 is 5.56 Å². The minimum Gasteiger partial charge on any atom is -0.318 e. The predicted octanol–water partition coefficient (Wildman–Crippen LogP) is 1.64. The maximum absolute atomic E-state index is 11.3. The molecule has 0 atom stereocenters. The van der Waals surface area contributed by atoms with Crippen molar-refractivity contribution in [1.29, 1.82) is 0 Å². The lowest BCUT2D eigenvalue weighted by atomic mass is 10.2. The van der Waals surface area contributed by atoms with Crippen molar-refractivity contribution in [1.82, 2.24) is 9.55 Å². The second kappa shape index (κ2) is 5.05. The zero-order valence-electron chi connectivity index (χ0n) is 9.42. The number of rotatable bonds is 4. The normalized spacial score (nSPS) is 10.4. The molecular weight excluding hydrogens is 236 g/mol. The second-order valence-electron chi connectivity index (χ2n) is 3.72. The van der Waals surface area contributed by atoms with Crippen molar-refractivity contribution in [3.05, 3.63) is 39.8 Å². The molecule has 0 radical (unpaired) electrons. The molecule has 0 saturated carbocycles. The molecule has 2 aromatic heterocycles. The number of aromatic nitrogens is 2. The van der Waals surface area contributed by atoms with Gasteiger partial charge in [0.05, 0.1) is 5.69 Å². The zero-order valence-corrected chi connectivity index (χ0v) is 10.2. The maximum atomic E-state index is 11.3. The van der Waals surface area contributed by atoms with Crippen LogP contribution >= 0.6 is 11.3 Å². The lowest BCUT2D eigenvalue weighted by Crippen LogP contribution is -2.13. The summed E-state index contributed by atoms with van der Waals surface area (Å²) >= 11 is 1.53. The standard InChI is InChI=1S/C12H12N2O2S/c1-14-7-9(4-5-11(14)16)12-13-10(8-17-12)3-2-6-15/h4-8H,2-3H2,1H3. The lowest BCUT2D eigenvalue weighted by Gasteiger charge is -1.99. The van der Waals surface area contributed by atoms with Crippen LogP contribution in [0.4, 0.5) is 0 Å². The largest absolute Gasteiger partial charge is 0.318 e. The Morgan fingerprint density at radius 1 is 1.47 bits per heavy atom. The van der Waals surface area contributed by atoms with Crippen molar-refractivity contribution in [2.24, 2.45) is 7.05 Å². The first-order valence-electron chi connectivity index (χ1n) is 5.26. The molecule has 0 aliphatic carbocycles. The average Bonchev–Trinajstić information content (AvgIpc) is 2.79. The number of aldehydes is 1. The number of carbonyl (C=O) groups is 1. The van der Waals surface area contributed by atoms with Crippen LogP contribution in [0.1, 0.15) is 12.1 Å². The van der Waals surface area contributed by atoms with Crippen molar-refractivity contribution >= 4 is 17.6 Å². The van der Waals surface area contributed by atoms with Crippen LogP contribution in [0.15, 0.2) is 28.5 Å². The topological polar surface area (TPSA) is 52.0 Å². The molecule has 17 heavy (non-hydrogen) atoms. The second-order valence-corrected chi connectivity index (χ2v) is 4.57. The van der Waals surface area contributed by atoms with Crippen LogP contribution in [0.2, 0.25) is 0 Å².